The zero-order valence-electron chi connectivity index (χ0n) is 8.15. The first-order valence-electron chi connectivity index (χ1n) is 4.85. The lowest BCUT2D eigenvalue weighted by Crippen LogP contribution is -2.33. The molecule has 15 heavy (non-hydrogen) atoms. The summed E-state index contributed by atoms with van der Waals surface area (Å²) in [6.45, 7) is 0.785. The van der Waals surface area contributed by atoms with Gasteiger partial charge in [0.15, 0.2) is 0 Å². The number of nitrogens with two attached hydrogens (primary N) is 1. The molecule has 6 heteroatoms. The van der Waals surface area contributed by atoms with Gasteiger partial charge in [-0.1, -0.05) is 0 Å². The zero-order chi connectivity index (χ0) is 10.8. The third kappa shape index (κ3) is 2.79. The molecule has 1 aromatic rings. The molecule has 1 aromatic heterocycles. The minimum Gasteiger partial charge on any atom is -0.393 e. The molecule has 0 spiro atoms. The summed E-state index contributed by atoms with van der Waals surface area (Å²) in [5.74, 6) is 1.49. The number of aliphatic hydroxyl groups is 1. The topological polar surface area (TPSA) is 84.1 Å². The van der Waals surface area contributed by atoms with Gasteiger partial charge in [-0.25, -0.2) is 4.98 Å². The van der Waals surface area contributed by atoms with Crippen molar-refractivity contribution in [2.75, 3.05) is 17.6 Å². The SMILES string of the molecule is Nc1cc(Br)nc(NCC2CC(O)C2)n1. The highest BCUT2D eigenvalue weighted by molar-refractivity contribution is 9.10. The number of aromatic nitrogens is 2. The molecule has 0 amide bonds. The Morgan fingerprint density at radius 3 is 2.87 bits per heavy atom. The fourth-order valence-electron chi connectivity index (χ4n) is 1.62. The number of halogens is 1. The molecule has 1 heterocycles. The monoisotopic (exact) mass is 272 g/mol. The van der Waals surface area contributed by atoms with Gasteiger partial charge < -0.3 is 16.2 Å². The van der Waals surface area contributed by atoms with Crippen molar-refractivity contribution < 1.29 is 5.11 Å². The van der Waals surface area contributed by atoms with Crippen LogP contribution < -0.4 is 11.1 Å². The molecular weight excluding hydrogens is 260 g/mol. The third-order valence-electron chi connectivity index (χ3n) is 2.47. The Kier molecular flexibility index (Phi) is 3.06. The standard InChI is InChI=1S/C9H13BrN4O/c10-7-3-8(11)14-9(13-7)12-4-5-1-6(15)2-5/h3,5-6,15H,1-2,4H2,(H3,11,12,13,14). The van der Waals surface area contributed by atoms with Crippen LogP contribution >= 0.6 is 15.9 Å². The van der Waals surface area contributed by atoms with Crippen molar-refractivity contribution in [3.63, 3.8) is 0 Å². The summed E-state index contributed by atoms with van der Waals surface area (Å²) in [7, 11) is 0. The van der Waals surface area contributed by atoms with Gasteiger partial charge in [0.05, 0.1) is 6.10 Å². The van der Waals surface area contributed by atoms with Gasteiger partial charge in [-0.05, 0) is 34.7 Å². The fourth-order valence-corrected chi connectivity index (χ4v) is 2.02. The molecule has 0 unspecified atom stereocenters. The molecule has 1 aliphatic carbocycles. The highest BCUT2D eigenvalue weighted by Crippen LogP contribution is 2.27. The van der Waals surface area contributed by atoms with Crippen LogP contribution in [0.25, 0.3) is 0 Å². The van der Waals surface area contributed by atoms with E-state index in [2.05, 4.69) is 31.2 Å². The predicted molar refractivity (Wildman–Crippen MR) is 61.4 cm³/mol. The lowest BCUT2D eigenvalue weighted by molar-refractivity contribution is 0.0486. The second kappa shape index (κ2) is 4.32. The van der Waals surface area contributed by atoms with Crippen LogP contribution in [0.2, 0.25) is 0 Å². The molecule has 5 nitrogen and oxygen atoms in total. The normalized spacial score (nSPS) is 24.7. The smallest absolute Gasteiger partial charge is 0.225 e. The maximum Gasteiger partial charge on any atom is 0.225 e. The van der Waals surface area contributed by atoms with Gasteiger partial charge in [0, 0.05) is 12.6 Å². The van der Waals surface area contributed by atoms with Crippen LogP contribution in [0.15, 0.2) is 10.7 Å². The van der Waals surface area contributed by atoms with Crippen LogP contribution in [0.5, 0.6) is 0 Å². The van der Waals surface area contributed by atoms with Gasteiger partial charge in [-0.2, -0.15) is 4.98 Å². The molecule has 1 saturated carbocycles. The Morgan fingerprint density at radius 2 is 2.27 bits per heavy atom. The molecule has 0 radical (unpaired) electrons. The predicted octanol–water partition coefficient (Wildman–Crippen LogP) is 1.00. The molecule has 0 saturated heterocycles. The first-order valence-corrected chi connectivity index (χ1v) is 5.65. The Bertz CT molecular complexity index is 334. The first kappa shape index (κ1) is 10.6. The minimum absolute atomic E-state index is 0.120. The van der Waals surface area contributed by atoms with E-state index < -0.39 is 0 Å². The molecule has 1 fully saturated rings. The quantitative estimate of drug-likeness (QED) is 0.716. The number of anilines is 2. The molecule has 82 valence electrons. The molecule has 0 aliphatic heterocycles. The molecule has 4 N–H and O–H groups in total. The summed E-state index contributed by atoms with van der Waals surface area (Å²) in [6, 6.07) is 1.65. The van der Waals surface area contributed by atoms with Gasteiger partial charge in [-0.3, -0.25) is 0 Å². The van der Waals surface area contributed by atoms with E-state index in [1.807, 2.05) is 0 Å². The number of nitrogen functional groups attached to an aromatic ring is 1. The van der Waals surface area contributed by atoms with Crippen molar-refractivity contribution in [3.05, 3.63) is 10.7 Å². The summed E-state index contributed by atoms with van der Waals surface area (Å²) >= 11 is 3.25. The Hall–Kier alpha value is -0.880. The van der Waals surface area contributed by atoms with Crippen molar-refractivity contribution in [2.45, 2.75) is 18.9 Å². The van der Waals surface area contributed by atoms with Crippen LogP contribution in [0.4, 0.5) is 11.8 Å². The summed E-state index contributed by atoms with van der Waals surface area (Å²) in [5.41, 5.74) is 5.57. The number of rotatable bonds is 3. The molecular formula is C9H13BrN4O. The Morgan fingerprint density at radius 1 is 1.53 bits per heavy atom. The number of nitrogens with zero attached hydrogens (tertiary/aromatic N) is 2. The summed E-state index contributed by atoms with van der Waals surface area (Å²) in [5, 5.41) is 12.2. The van der Waals surface area contributed by atoms with E-state index in [0.717, 1.165) is 19.4 Å². The van der Waals surface area contributed by atoms with Crippen molar-refractivity contribution >= 4 is 27.7 Å². The molecule has 1 aliphatic rings. The van der Waals surface area contributed by atoms with Crippen molar-refractivity contribution in [2.24, 2.45) is 5.92 Å². The van der Waals surface area contributed by atoms with Gasteiger partial charge >= 0.3 is 0 Å². The highest BCUT2D eigenvalue weighted by atomic mass is 79.9. The van der Waals surface area contributed by atoms with E-state index in [1.54, 1.807) is 6.07 Å². The molecule has 0 bridgehead atoms. The number of aliphatic hydroxyl groups excluding tert-OH is 1. The maximum atomic E-state index is 9.12. The second-order valence-corrected chi connectivity index (χ2v) is 4.62. The van der Waals surface area contributed by atoms with Gasteiger partial charge in [-0.15, -0.1) is 0 Å². The summed E-state index contributed by atoms with van der Waals surface area (Å²) < 4.78 is 0.672. The van der Waals surface area contributed by atoms with E-state index in [0.29, 0.717) is 22.3 Å². The average molecular weight is 273 g/mol. The van der Waals surface area contributed by atoms with Crippen LogP contribution in [0, 0.1) is 5.92 Å². The van der Waals surface area contributed by atoms with Crippen LogP contribution in [0.1, 0.15) is 12.8 Å². The van der Waals surface area contributed by atoms with Crippen LogP contribution in [-0.4, -0.2) is 27.7 Å². The van der Waals surface area contributed by atoms with Gasteiger partial charge in [0.2, 0.25) is 5.95 Å². The van der Waals surface area contributed by atoms with Gasteiger partial charge in [0.1, 0.15) is 10.4 Å². The largest absolute Gasteiger partial charge is 0.393 e. The van der Waals surface area contributed by atoms with Crippen LogP contribution in [-0.2, 0) is 0 Å². The Balaban J connectivity index is 1.88. The van der Waals surface area contributed by atoms with E-state index in [-0.39, 0.29) is 6.10 Å². The van der Waals surface area contributed by atoms with Crippen molar-refractivity contribution in [1.82, 2.24) is 9.97 Å². The third-order valence-corrected chi connectivity index (χ3v) is 2.88. The first-order chi connectivity index (χ1) is 7.13. The van der Waals surface area contributed by atoms with E-state index in [4.69, 9.17) is 10.8 Å². The van der Waals surface area contributed by atoms with Crippen molar-refractivity contribution in [1.29, 1.82) is 0 Å². The van der Waals surface area contributed by atoms with Gasteiger partial charge in [0.25, 0.3) is 0 Å². The molecule has 0 aromatic carbocycles. The lowest BCUT2D eigenvalue weighted by atomic mass is 9.82. The average Bonchev–Trinajstić information content (AvgIpc) is 2.09. The summed E-state index contributed by atoms with van der Waals surface area (Å²) in [6.07, 6.45) is 1.60. The van der Waals surface area contributed by atoms with E-state index in [9.17, 15) is 0 Å². The lowest BCUT2D eigenvalue weighted by Gasteiger charge is -2.31. The zero-order valence-corrected chi connectivity index (χ0v) is 9.74. The van der Waals surface area contributed by atoms with Crippen molar-refractivity contribution in [3.8, 4) is 0 Å². The number of hydrogen-bond acceptors (Lipinski definition) is 5. The summed E-state index contributed by atoms with van der Waals surface area (Å²) in [4.78, 5) is 8.18. The number of hydrogen-bond donors (Lipinski definition) is 3. The highest BCUT2D eigenvalue weighted by Gasteiger charge is 2.26. The fraction of sp³-hybridized carbons (Fsp3) is 0.556. The Labute approximate surface area is 96.2 Å². The van der Waals surface area contributed by atoms with Crippen LogP contribution in [0.3, 0.4) is 0 Å². The number of nitrogens with one attached hydrogen (secondary N) is 1. The molecule has 2 rings (SSSR count). The molecule has 0 atom stereocenters. The minimum atomic E-state index is -0.120. The maximum absolute atomic E-state index is 9.12. The second-order valence-electron chi connectivity index (χ2n) is 3.81. The van der Waals surface area contributed by atoms with E-state index in [1.165, 1.54) is 0 Å². The van der Waals surface area contributed by atoms with E-state index >= 15 is 0 Å².